The van der Waals surface area contributed by atoms with Gasteiger partial charge in [0.05, 0.1) is 16.9 Å². The van der Waals surface area contributed by atoms with Gasteiger partial charge < -0.3 is 9.13 Å². The summed E-state index contributed by atoms with van der Waals surface area (Å²) >= 11 is 9.74. The van der Waals surface area contributed by atoms with Crippen molar-refractivity contribution < 1.29 is 4.79 Å². The molecule has 2 heterocycles. The fraction of sp³-hybridized carbons (Fsp3) is 0.0968. The maximum atomic E-state index is 12.8. The van der Waals surface area contributed by atoms with E-state index >= 15 is 0 Å². The molecule has 3 aromatic carbocycles. The zero-order valence-corrected chi connectivity index (χ0v) is 23.6. The van der Waals surface area contributed by atoms with Gasteiger partial charge >= 0.3 is 0 Å². The smallest absolute Gasteiger partial charge is 0.271 e. The van der Waals surface area contributed by atoms with Crippen LogP contribution in [0, 0.1) is 20.8 Å². The lowest BCUT2D eigenvalue weighted by atomic mass is 10.1. The fourth-order valence-electron chi connectivity index (χ4n) is 4.64. The molecule has 0 aliphatic heterocycles. The van der Waals surface area contributed by atoms with E-state index in [4.69, 9.17) is 11.6 Å². The summed E-state index contributed by atoms with van der Waals surface area (Å²) in [7, 11) is 0. The lowest BCUT2D eigenvalue weighted by Crippen LogP contribution is -2.17. The minimum Gasteiger partial charge on any atom is -0.318 e. The number of amides is 1. The first-order valence-corrected chi connectivity index (χ1v) is 13.3. The summed E-state index contributed by atoms with van der Waals surface area (Å²) in [5.41, 5.74) is 11.5. The van der Waals surface area contributed by atoms with Crippen LogP contribution in [0.4, 0.5) is 0 Å². The average Bonchev–Trinajstić information content (AvgIpc) is 3.44. The number of hydrazone groups is 1. The van der Waals surface area contributed by atoms with E-state index in [0.717, 1.165) is 49.8 Å². The van der Waals surface area contributed by atoms with Crippen LogP contribution < -0.4 is 5.43 Å². The molecule has 0 saturated carbocycles. The quantitative estimate of drug-likeness (QED) is 0.159. The highest BCUT2D eigenvalue weighted by Gasteiger charge is 2.13. The molecule has 5 nitrogen and oxygen atoms in total. The lowest BCUT2D eigenvalue weighted by molar-refractivity contribution is 0.0955. The van der Waals surface area contributed by atoms with E-state index in [1.807, 2.05) is 80.6 Å². The molecule has 0 atom stereocenters. The van der Waals surface area contributed by atoms with Crippen LogP contribution in [0.5, 0.6) is 0 Å². The third-order valence-electron chi connectivity index (χ3n) is 6.53. The molecule has 7 heteroatoms. The van der Waals surface area contributed by atoms with E-state index in [2.05, 4.69) is 66.8 Å². The van der Waals surface area contributed by atoms with Crippen LogP contribution in [0.2, 0.25) is 5.02 Å². The molecule has 1 N–H and O–H groups in total. The summed E-state index contributed by atoms with van der Waals surface area (Å²) in [6.07, 6.45) is 1.67. The summed E-state index contributed by atoms with van der Waals surface area (Å²) in [6, 6.07) is 29.9. The molecule has 0 saturated heterocycles. The third kappa shape index (κ3) is 5.10. The number of hydrogen-bond acceptors (Lipinski definition) is 2. The van der Waals surface area contributed by atoms with Gasteiger partial charge in [0, 0.05) is 44.1 Å². The Hall–Kier alpha value is -3.87. The Morgan fingerprint density at radius 2 is 1.55 bits per heavy atom. The molecule has 0 aliphatic rings. The minimum atomic E-state index is -0.270. The van der Waals surface area contributed by atoms with Crippen molar-refractivity contribution in [2.75, 3.05) is 0 Å². The minimum absolute atomic E-state index is 0.270. The SMILES string of the molecule is Cc1ccc(-c2ccccc2)n1-c1ccc(C(=O)N/N=C/c2cc(C)n(-c3ccc(Br)c(Cl)c3)c2C)cc1. The fourth-order valence-corrected chi connectivity index (χ4v) is 5.06. The maximum Gasteiger partial charge on any atom is 0.271 e. The van der Waals surface area contributed by atoms with Gasteiger partial charge in [0.1, 0.15) is 0 Å². The van der Waals surface area contributed by atoms with Crippen LogP contribution in [-0.4, -0.2) is 21.3 Å². The molecule has 2 aromatic heterocycles. The summed E-state index contributed by atoms with van der Waals surface area (Å²) in [5, 5.41) is 4.87. The van der Waals surface area contributed by atoms with E-state index < -0.39 is 0 Å². The third-order valence-corrected chi connectivity index (χ3v) is 7.77. The van der Waals surface area contributed by atoms with Gasteiger partial charge in [-0.05, 0) is 103 Å². The van der Waals surface area contributed by atoms with Crippen LogP contribution in [0.3, 0.4) is 0 Å². The molecule has 0 radical (unpaired) electrons. The van der Waals surface area contributed by atoms with Gasteiger partial charge in [-0.1, -0.05) is 41.9 Å². The number of carbonyl (C=O) groups excluding carboxylic acids is 1. The Morgan fingerprint density at radius 1 is 0.842 bits per heavy atom. The monoisotopic (exact) mass is 584 g/mol. The molecule has 38 heavy (non-hydrogen) atoms. The second-order valence-electron chi connectivity index (χ2n) is 9.07. The first kappa shape index (κ1) is 25.8. The van der Waals surface area contributed by atoms with Gasteiger partial charge in [-0.2, -0.15) is 5.10 Å². The molecule has 5 rings (SSSR count). The van der Waals surface area contributed by atoms with Gasteiger partial charge in [0.25, 0.3) is 5.91 Å². The molecule has 0 aliphatic carbocycles. The molecular weight excluding hydrogens is 560 g/mol. The van der Waals surface area contributed by atoms with Gasteiger partial charge in [-0.3, -0.25) is 4.79 Å². The Morgan fingerprint density at radius 3 is 2.26 bits per heavy atom. The molecule has 0 fully saturated rings. The van der Waals surface area contributed by atoms with Crippen LogP contribution >= 0.6 is 27.5 Å². The molecule has 0 unspecified atom stereocenters. The predicted octanol–water partition coefficient (Wildman–Crippen LogP) is 8.04. The number of aromatic nitrogens is 2. The standard InChI is InChI=1S/C31H26BrClN4O/c1-20-9-16-30(23-7-5-4-6-8-23)37(20)26-12-10-24(11-13-26)31(38)35-34-19-25-17-21(2)36(22(25)3)27-14-15-28(32)29(33)18-27/h4-19H,1-3H3,(H,35,38)/b34-19+. The van der Waals surface area contributed by atoms with Crippen molar-refractivity contribution in [2.45, 2.75) is 20.8 Å². The van der Waals surface area contributed by atoms with Crippen LogP contribution in [-0.2, 0) is 0 Å². The zero-order chi connectivity index (χ0) is 26.8. The Labute approximate surface area is 235 Å². The number of nitrogens with zero attached hydrogens (tertiary/aromatic N) is 3. The second kappa shape index (κ2) is 10.9. The summed E-state index contributed by atoms with van der Waals surface area (Å²) < 4.78 is 5.14. The number of nitrogens with one attached hydrogen (secondary N) is 1. The van der Waals surface area contributed by atoms with Crippen LogP contribution in [0.15, 0.2) is 101 Å². The average molecular weight is 586 g/mol. The largest absolute Gasteiger partial charge is 0.318 e. The van der Waals surface area contributed by atoms with Crippen molar-refractivity contribution in [3.8, 4) is 22.6 Å². The van der Waals surface area contributed by atoms with Gasteiger partial charge in [-0.15, -0.1) is 0 Å². The van der Waals surface area contributed by atoms with Crippen molar-refractivity contribution in [1.82, 2.24) is 14.6 Å². The van der Waals surface area contributed by atoms with E-state index in [1.54, 1.807) is 6.21 Å². The van der Waals surface area contributed by atoms with Crippen LogP contribution in [0.1, 0.15) is 33.0 Å². The maximum absolute atomic E-state index is 12.8. The Kier molecular flexibility index (Phi) is 7.36. The number of halogens is 2. The van der Waals surface area contributed by atoms with E-state index in [0.29, 0.717) is 10.6 Å². The molecular formula is C31H26BrClN4O. The highest BCUT2D eigenvalue weighted by Crippen LogP contribution is 2.28. The summed E-state index contributed by atoms with van der Waals surface area (Å²) in [6.45, 7) is 6.11. The zero-order valence-electron chi connectivity index (χ0n) is 21.2. The first-order valence-electron chi connectivity index (χ1n) is 12.2. The van der Waals surface area contributed by atoms with Gasteiger partial charge in [0.2, 0.25) is 0 Å². The lowest BCUT2D eigenvalue weighted by Gasteiger charge is -2.12. The first-order chi connectivity index (χ1) is 18.3. The Bertz CT molecular complexity index is 1650. The van der Waals surface area contributed by atoms with E-state index in [1.165, 1.54) is 0 Å². The van der Waals surface area contributed by atoms with Crippen molar-refractivity contribution in [3.63, 3.8) is 0 Å². The van der Waals surface area contributed by atoms with E-state index in [-0.39, 0.29) is 5.91 Å². The highest BCUT2D eigenvalue weighted by molar-refractivity contribution is 9.10. The predicted molar refractivity (Wildman–Crippen MR) is 159 cm³/mol. The summed E-state index contributed by atoms with van der Waals surface area (Å²) in [4.78, 5) is 12.8. The van der Waals surface area contributed by atoms with Gasteiger partial charge in [0.15, 0.2) is 0 Å². The van der Waals surface area contributed by atoms with Crippen molar-refractivity contribution in [3.05, 3.63) is 129 Å². The van der Waals surface area contributed by atoms with Crippen molar-refractivity contribution in [2.24, 2.45) is 5.10 Å². The van der Waals surface area contributed by atoms with E-state index in [9.17, 15) is 4.79 Å². The van der Waals surface area contributed by atoms with Gasteiger partial charge in [-0.25, -0.2) is 5.43 Å². The number of rotatable bonds is 6. The molecule has 190 valence electrons. The molecule has 0 bridgehead atoms. The van der Waals surface area contributed by atoms with Crippen molar-refractivity contribution >= 4 is 39.7 Å². The van der Waals surface area contributed by atoms with Crippen molar-refractivity contribution in [1.29, 1.82) is 0 Å². The number of carbonyl (C=O) groups is 1. The number of hydrogen-bond donors (Lipinski definition) is 1. The highest BCUT2D eigenvalue weighted by atomic mass is 79.9. The Balaban J connectivity index is 1.31. The summed E-state index contributed by atoms with van der Waals surface area (Å²) in [5.74, 6) is -0.270. The molecule has 1 amide bonds. The molecule has 5 aromatic rings. The second-order valence-corrected chi connectivity index (χ2v) is 10.3. The normalized spacial score (nSPS) is 11.3. The topological polar surface area (TPSA) is 51.3 Å². The number of benzene rings is 3. The number of aryl methyl sites for hydroxylation is 2. The van der Waals surface area contributed by atoms with Crippen LogP contribution in [0.25, 0.3) is 22.6 Å². The molecule has 0 spiro atoms.